The molecule has 0 atom stereocenters. The van der Waals surface area contributed by atoms with Gasteiger partial charge in [0.25, 0.3) is 11.1 Å². The van der Waals surface area contributed by atoms with E-state index >= 15 is 0 Å². The number of nitrogen functional groups attached to an aromatic ring is 1. The fourth-order valence-corrected chi connectivity index (χ4v) is 5.43. The number of hydrogen-bond donors (Lipinski definition) is 3. The molecule has 0 aliphatic heterocycles. The summed E-state index contributed by atoms with van der Waals surface area (Å²) in [5.41, 5.74) is 5.58. The number of H-pyrrole nitrogens is 2. The Balaban J connectivity index is 1.59. The van der Waals surface area contributed by atoms with Gasteiger partial charge in [0.05, 0.1) is 15.7 Å². The van der Waals surface area contributed by atoms with Crippen molar-refractivity contribution >= 4 is 29.0 Å². The molecule has 1 saturated carbocycles. The van der Waals surface area contributed by atoms with Crippen molar-refractivity contribution in [3.63, 3.8) is 0 Å². The van der Waals surface area contributed by atoms with Gasteiger partial charge in [-0.2, -0.15) is 4.68 Å². The third kappa shape index (κ3) is 3.15. The van der Waals surface area contributed by atoms with E-state index in [0.29, 0.717) is 5.75 Å². The van der Waals surface area contributed by atoms with Crippen molar-refractivity contribution in [1.29, 1.82) is 0 Å². The zero-order valence-corrected chi connectivity index (χ0v) is 18.5. The summed E-state index contributed by atoms with van der Waals surface area (Å²) in [7, 11) is 0. The molecule has 1 aromatic carbocycles. The number of nitrogens with zero attached hydrogens (tertiary/aromatic N) is 2. The molecule has 32 heavy (non-hydrogen) atoms. The standard InChI is InChI=1S/C21H19Cl2N5O4/c1-21-4-2-9(3-5-21)14-13(8-25-18(29)15(14)21)32-16-11(22)6-10(7-12(16)23)28-20(31)26-19(30)17(24)27-28/h6-9H,2-5H2,1H3,(H2,24,27)(H,25,29)(H,26,30,31). The van der Waals surface area contributed by atoms with Crippen molar-refractivity contribution < 1.29 is 4.74 Å². The summed E-state index contributed by atoms with van der Waals surface area (Å²) in [6, 6.07) is 2.86. The number of aromatic amines is 2. The summed E-state index contributed by atoms with van der Waals surface area (Å²) in [4.78, 5) is 41.1. The average molecular weight is 476 g/mol. The van der Waals surface area contributed by atoms with E-state index in [1.165, 1.54) is 12.1 Å². The van der Waals surface area contributed by atoms with Gasteiger partial charge in [0.2, 0.25) is 5.82 Å². The molecule has 0 saturated heterocycles. The zero-order chi connectivity index (χ0) is 22.8. The summed E-state index contributed by atoms with van der Waals surface area (Å²) in [6.45, 7) is 2.12. The molecule has 3 aliphatic carbocycles. The Morgan fingerprint density at radius 3 is 2.47 bits per heavy atom. The summed E-state index contributed by atoms with van der Waals surface area (Å²) in [5, 5.41) is 4.03. The first-order chi connectivity index (χ1) is 15.2. The lowest BCUT2D eigenvalue weighted by Crippen LogP contribution is -2.41. The number of anilines is 1. The van der Waals surface area contributed by atoms with Crippen molar-refractivity contribution in [2.45, 2.75) is 43.9 Å². The predicted octanol–water partition coefficient (Wildman–Crippen LogP) is 3.22. The summed E-state index contributed by atoms with van der Waals surface area (Å²) in [6.07, 6.45) is 5.47. The van der Waals surface area contributed by atoms with Crippen LogP contribution in [0.15, 0.2) is 32.7 Å². The SMILES string of the molecule is CC12CCC(CC1)c1c(Oc3c(Cl)cc(-n4nc(N)c(=O)[nH]c4=O)cc3Cl)c[nH]c(=O)c12. The van der Waals surface area contributed by atoms with Crippen molar-refractivity contribution in [1.82, 2.24) is 19.7 Å². The van der Waals surface area contributed by atoms with Gasteiger partial charge in [-0.1, -0.05) is 30.1 Å². The molecular formula is C21H19Cl2N5O4. The highest BCUT2D eigenvalue weighted by Gasteiger charge is 2.45. The fraction of sp³-hybridized carbons (Fsp3) is 0.333. The molecule has 2 heterocycles. The van der Waals surface area contributed by atoms with Crippen LogP contribution in [0.3, 0.4) is 0 Å². The van der Waals surface area contributed by atoms with Gasteiger partial charge >= 0.3 is 5.69 Å². The van der Waals surface area contributed by atoms with Crippen LogP contribution in [-0.4, -0.2) is 19.7 Å². The summed E-state index contributed by atoms with van der Waals surface area (Å²) >= 11 is 12.9. The topological polar surface area (TPSA) is 136 Å². The minimum Gasteiger partial charge on any atom is -0.452 e. The quantitative estimate of drug-likeness (QED) is 0.531. The minimum atomic E-state index is -0.788. The Morgan fingerprint density at radius 2 is 1.81 bits per heavy atom. The number of halogens is 2. The molecule has 4 N–H and O–H groups in total. The second kappa shape index (κ2) is 7.25. The smallest absolute Gasteiger partial charge is 0.349 e. The van der Waals surface area contributed by atoms with Gasteiger partial charge < -0.3 is 15.5 Å². The highest BCUT2D eigenvalue weighted by atomic mass is 35.5. The van der Waals surface area contributed by atoms with Crippen LogP contribution in [-0.2, 0) is 5.41 Å². The van der Waals surface area contributed by atoms with Gasteiger partial charge in [0, 0.05) is 17.3 Å². The second-order valence-corrected chi connectivity index (χ2v) is 9.32. The number of benzene rings is 1. The zero-order valence-electron chi connectivity index (χ0n) is 17.0. The van der Waals surface area contributed by atoms with Crippen LogP contribution >= 0.6 is 23.2 Å². The highest BCUT2D eigenvalue weighted by Crippen LogP contribution is 2.55. The second-order valence-electron chi connectivity index (χ2n) is 8.50. The number of nitrogens with one attached hydrogen (secondary N) is 2. The lowest BCUT2D eigenvalue weighted by atomic mass is 9.59. The lowest BCUT2D eigenvalue weighted by molar-refractivity contribution is 0.249. The van der Waals surface area contributed by atoms with Crippen molar-refractivity contribution in [2.75, 3.05) is 5.73 Å². The average Bonchev–Trinajstić information content (AvgIpc) is 2.74. The maximum absolute atomic E-state index is 12.6. The molecule has 0 radical (unpaired) electrons. The number of hydrogen-bond acceptors (Lipinski definition) is 6. The van der Waals surface area contributed by atoms with Crippen LogP contribution in [0, 0.1) is 0 Å². The summed E-state index contributed by atoms with van der Waals surface area (Å²) in [5.74, 6) is 0.562. The molecule has 11 heteroatoms. The van der Waals surface area contributed by atoms with E-state index in [9.17, 15) is 14.4 Å². The van der Waals surface area contributed by atoms with E-state index in [2.05, 4.69) is 22.0 Å². The van der Waals surface area contributed by atoms with E-state index in [1.807, 2.05) is 0 Å². The van der Waals surface area contributed by atoms with Gasteiger partial charge in [-0.3, -0.25) is 14.6 Å². The Kier molecular flexibility index (Phi) is 4.72. The molecule has 0 unspecified atom stereocenters. The molecule has 1 fully saturated rings. The molecule has 2 aromatic heterocycles. The minimum absolute atomic E-state index is 0.0899. The van der Waals surface area contributed by atoms with Gasteiger partial charge in [-0.15, -0.1) is 5.10 Å². The molecule has 2 bridgehead atoms. The third-order valence-electron chi connectivity index (χ3n) is 6.49. The molecule has 166 valence electrons. The van der Waals surface area contributed by atoms with Crippen LogP contribution in [0.25, 0.3) is 5.69 Å². The molecule has 9 nitrogen and oxygen atoms in total. The fourth-order valence-electron chi connectivity index (χ4n) is 4.87. The maximum atomic E-state index is 12.6. The monoisotopic (exact) mass is 475 g/mol. The van der Waals surface area contributed by atoms with Crippen molar-refractivity contribution in [3.8, 4) is 17.2 Å². The molecule has 3 aromatic rings. The predicted molar refractivity (Wildman–Crippen MR) is 121 cm³/mol. The normalized spacial score (nSPS) is 21.4. The Labute approximate surface area is 191 Å². The largest absolute Gasteiger partial charge is 0.452 e. The van der Waals surface area contributed by atoms with E-state index in [0.717, 1.165) is 41.5 Å². The lowest BCUT2D eigenvalue weighted by Gasteiger charge is -2.45. The number of fused-ring (bicyclic) bond motifs is 2. The highest BCUT2D eigenvalue weighted by molar-refractivity contribution is 6.37. The van der Waals surface area contributed by atoms with Crippen molar-refractivity contribution in [2.24, 2.45) is 0 Å². The number of pyridine rings is 1. The Bertz CT molecular complexity index is 1410. The number of rotatable bonds is 3. The van der Waals surface area contributed by atoms with Gasteiger partial charge in [-0.05, 0) is 49.1 Å². The van der Waals surface area contributed by atoms with Gasteiger partial charge in [0.15, 0.2) is 5.75 Å². The van der Waals surface area contributed by atoms with Gasteiger partial charge in [-0.25, -0.2) is 4.79 Å². The van der Waals surface area contributed by atoms with E-state index in [-0.39, 0.29) is 44.2 Å². The number of ether oxygens (including phenoxy) is 1. The maximum Gasteiger partial charge on any atom is 0.349 e. The molecule has 3 aliphatic rings. The van der Waals surface area contributed by atoms with E-state index in [1.54, 1.807) is 6.20 Å². The Morgan fingerprint density at radius 1 is 1.16 bits per heavy atom. The first-order valence-electron chi connectivity index (χ1n) is 10.1. The molecular weight excluding hydrogens is 457 g/mol. The van der Waals surface area contributed by atoms with Crippen LogP contribution < -0.4 is 27.3 Å². The van der Waals surface area contributed by atoms with Crippen LogP contribution in [0.4, 0.5) is 5.82 Å². The van der Waals surface area contributed by atoms with Gasteiger partial charge in [0.1, 0.15) is 5.75 Å². The van der Waals surface area contributed by atoms with Crippen LogP contribution in [0.2, 0.25) is 10.0 Å². The van der Waals surface area contributed by atoms with Crippen LogP contribution in [0.1, 0.15) is 49.7 Å². The molecule has 6 rings (SSSR count). The van der Waals surface area contributed by atoms with Crippen LogP contribution in [0.5, 0.6) is 11.5 Å². The number of aromatic nitrogens is 4. The first kappa shape index (κ1) is 20.8. The van der Waals surface area contributed by atoms with E-state index < -0.39 is 11.2 Å². The first-order valence-corrected chi connectivity index (χ1v) is 10.9. The van der Waals surface area contributed by atoms with E-state index in [4.69, 9.17) is 33.7 Å². The molecule has 0 spiro atoms. The Hall–Kier alpha value is -3.04. The molecule has 0 amide bonds. The summed E-state index contributed by atoms with van der Waals surface area (Å²) < 4.78 is 7.02. The third-order valence-corrected chi connectivity index (χ3v) is 7.05. The van der Waals surface area contributed by atoms with Crippen molar-refractivity contribution in [3.05, 3.63) is 70.7 Å². The number of nitrogens with two attached hydrogens (primary N) is 1.